The summed E-state index contributed by atoms with van der Waals surface area (Å²) >= 11 is 3.63. The predicted molar refractivity (Wildman–Crippen MR) is 87.1 cm³/mol. The molecular weight excluding hydrogens is 270 g/mol. The molecule has 0 fully saturated rings. The van der Waals surface area contributed by atoms with E-state index in [2.05, 4.69) is 55.8 Å². The highest BCUT2D eigenvalue weighted by atomic mass is 32.2. The maximum Gasteiger partial charge on any atom is 0.0503 e. The summed E-state index contributed by atoms with van der Waals surface area (Å²) in [5.41, 5.74) is 10.3. The molecule has 0 radical (unpaired) electrons. The van der Waals surface area contributed by atoms with Crippen molar-refractivity contribution in [3.8, 4) is 0 Å². The van der Waals surface area contributed by atoms with Crippen molar-refractivity contribution in [3.05, 3.63) is 51.7 Å². The van der Waals surface area contributed by atoms with E-state index in [0.29, 0.717) is 5.25 Å². The minimum Gasteiger partial charge on any atom is -0.326 e. The Labute approximate surface area is 124 Å². The smallest absolute Gasteiger partial charge is 0.0503 e. The normalized spacial score (nSPS) is 14.3. The van der Waals surface area contributed by atoms with Crippen molar-refractivity contribution in [2.75, 3.05) is 0 Å². The third-order valence-electron chi connectivity index (χ3n) is 3.47. The fraction of sp³-hybridized carbons (Fsp3) is 0.375. The number of hydrogen-bond acceptors (Lipinski definition) is 3. The predicted octanol–water partition coefficient (Wildman–Crippen LogP) is 4.94. The lowest BCUT2D eigenvalue weighted by Gasteiger charge is -2.22. The number of aryl methyl sites for hydroxylation is 2. The van der Waals surface area contributed by atoms with E-state index >= 15 is 0 Å². The van der Waals surface area contributed by atoms with Crippen molar-refractivity contribution in [1.29, 1.82) is 0 Å². The standard InChI is InChI=1S/C16H21NS2/c1-4-15(17)16(13-7-8-18-10-13)19-14-6-5-11(2)12(3)9-14/h5-10,15-16H,4,17H2,1-3H3. The molecular formula is C16H21NS2. The molecule has 2 N–H and O–H groups in total. The molecule has 2 rings (SSSR count). The molecule has 0 spiro atoms. The lowest BCUT2D eigenvalue weighted by atomic mass is 10.1. The molecule has 3 heteroatoms. The molecule has 0 aliphatic rings. The topological polar surface area (TPSA) is 26.0 Å². The first-order valence-corrected chi connectivity index (χ1v) is 8.45. The Balaban J connectivity index is 2.23. The van der Waals surface area contributed by atoms with Crippen molar-refractivity contribution in [2.24, 2.45) is 5.73 Å². The van der Waals surface area contributed by atoms with Crippen LogP contribution >= 0.6 is 23.1 Å². The van der Waals surface area contributed by atoms with Gasteiger partial charge in [0.05, 0.1) is 5.25 Å². The summed E-state index contributed by atoms with van der Waals surface area (Å²) in [4.78, 5) is 1.31. The molecule has 1 aromatic heterocycles. The van der Waals surface area contributed by atoms with Crippen molar-refractivity contribution in [1.82, 2.24) is 0 Å². The molecule has 102 valence electrons. The first-order valence-electron chi connectivity index (χ1n) is 6.63. The number of rotatable bonds is 5. The first kappa shape index (κ1) is 14.6. The van der Waals surface area contributed by atoms with Gasteiger partial charge < -0.3 is 5.73 Å². The molecule has 1 aromatic carbocycles. The van der Waals surface area contributed by atoms with Crippen molar-refractivity contribution in [3.63, 3.8) is 0 Å². The van der Waals surface area contributed by atoms with Crippen LogP contribution in [-0.4, -0.2) is 6.04 Å². The number of thiophene rings is 1. The maximum absolute atomic E-state index is 6.31. The maximum atomic E-state index is 6.31. The quantitative estimate of drug-likeness (QED) is 0.790. The second-order valence-corrected chi connectivity index (χ2v) is 6.91. The zero-order valence-electron chi connectivity index (χ0n) is 11.7. The Morgan fingerprint density at radius 2 is 2.00 bits per heavy atom. The van der Waals surface area contributed by atoms with Crippen LogP contribution in [0.25, 0.3) is 0 Å². The van der Waals surface area contributed by atoms with Gasteiger partial charge in [-0.15, -0.1) is 11.8 Å². The van der Waals surface area contributed by atoms with E-state index in [1.807, 2.05) is 11.8 Å². The highest BCUT2D eigenvalue weighted by Crippen LogP contribution is 2.39. The van der Waals surface area contributed by atoms with E-state index in [1.165, 1.54) is 21.6 Å². The lowest BCUT2D eigenvalue weighted by molar-refractivity contribution is 0.635. The van der Waals surface area contributed by atoms with Crippen LogP contribution in [0, 0.1) is 13.8 Å². The van der Waals surface area contributed by atoms with Gasteiger partial charge in [0.2, 0.25) is 0 Å². The van der Waals surface area contributed by atoms with E-state index in [-0.39, 0.29) is 6.04 Å². The Bertz CT molecular complexity index is 520. The Kier molecular flexibility index (Phi) is 5.08. The molecule has 0 aliphatic heterocycles. The van der Waals surface area contributed by atoms with Gasteiger partial charge in [-0.2, -0.15) is 11.3 Å². The summed E-state index contributed by atoms with van der Waals surface area (Å²) in [7, 11) is 0. The van der Waals surface area contributed by atoms with Crippen molar-refractivity contribution in [2.45, 2.75) is 43.4 Å². The van der Waals surface area contributed by atoms with Gasteiger partial charge in [-0.05, 0) is 65.9 Å². The Hall–Kier alpha value is -0.770. The molecule has 0 saturated carbocycles. The molecule has 2 aromatic rings. The largest absolute Gasteiger partial charge is 0.326 e. The van der Waals surface area contributed by atoms with Gasteiger partial charge in [-0.3, -0.25) is 0 Å². The summed E-state index contributed by atoms with van der Waals surface area (Å²) in [6, 6.07) is 9.05. The summed E-state index contributed by atoms with van der Waals surface area (Å²) in [6.45, 7) is 6.47. The van der Waals surface area contributed by atoms with Crippen LogP contribution < -0.4 is 5.73 Å². The number of benzene rings is 1. The minimum absolute atomic E-state index is 0.196. The first-order chi connectivity index (χ1) is 9.11. The molecule has 1 nitrogen and oxygen atoms in total. The number of nitrogens with two attached hydrogens (primary N) is 1. The molecule has 0 bridgehead atoms. The summed E-state index contributed by atoms with van der Waals surface area (Å²) in [5.74, 6) is 0. The fourth-order valence-corrected chi connectivity index (χ4v) is 4.10. The zero-order valence-corrected chi connectivity index (χ0v) is 13.4. The van der Waals surface area contributed by atoms with E-state index in [1.54, 1.807) is 11.3 Å². The van der Waals surface area contributed by atoms with Crippen LogP contribution in [0.5, 0.6) is 0 Å². The second-order valence-electron chi connectivity index (χ2n) is 4.91. The molecule has 2 unspecified atom stereocenters. The molecule has 0 saturated heterocycles. The van der Waals surface area contributed by atoms with E-state index in [9.17, 15) is 0 Å². The van der Waals surface area contributed by atoms with Gasteiger partial charge in [-0.25, -0.2) is 0 Å². The van der Waals surface area contributed by atoms with E-state index < -0.39 is 0 Å². The summed E-state index contributed by atoms with van der Waals surface area (Å²) < 4.78 is 0. The third-order valence-corrected chi connectivity index (χ3v) is 5.58. The van der Waals surface area contributed by atoms with E-state index in [4.69, 9.17) is 5.73 Å². The number of thioether (sulfide) groups is 1. The Morgan fingerprint density at radius 3 is 2.58 bits per heavy atom. The van der Waals surface area contributed by atoms with Gasteiger partial charge in [0.15, 0.2) is 0 Å². The minimum atomic E-state index is 0.196. The fourth-order valence-electron chi connectivity index (χ4n) is 1.99. The van der Waals surface area contributed by atoms with Crippen LogP contribution in [0.15, 0.2) is 39.9 Å². The van der Waals surface area contributed by atoms with Crippen LogP contribution in [0.4, 0.5) is 0 Å². The summed E-state index contributed by atoms with van der Waals surface area (Å²) in [5, 5.41) is 4.69. The molecule has 1 heterocycles. The molecule has 19 heavy (non-hydrogen) atoms. The second kappa shape index (κ2) is 6.60. The van der Waals surface area contributed by atoms with Crippen LogP contribution in [0.1, 0.15) is 35.3 Å². The monoisotopic (exact) mass is 291 g/mol. The average Bonchev–Trinajstić information content (AvgIpc) is 2.93. The number of hydrogen-bond donors (Lipinski definition) is 1. The van der Waals surface area contributed by atoms with Crippen LogP contribution in [-0.2, 0) is 0 Å². The Morgan fingerprint density at radius 1 is 1.21 bits per heavy atom. The molecule has 2 atom stereocenters. The van der Waals surface area contributed by atoms with Crippen LogP contribution in [0.3, 0.4) is 0 Å². The molecule has 0 amide bonds. The van der Waals surface area contributed by atoms with Gasteiger partial charge in [-0.1, -0.05) is 13.0 Å². The summed E-state index contributed by atoms with van der Waals surface area (Å²) in [6.07, 6.45) is 0.998. The highest BCUT2D eigenvalue weighted by molar-refractivity contribution is 7.99. The van der Waals surface area contributed by atoms with Crippen molar-refractivity contribution < 1.29 is 0 Å². The zero-order chi connectivity index (χ0) is 13.8. The third kappa shape index (κ3) is 3.62. The van der Waals surface area contributed by atoms with Crippen LogP contribution in [0.2, 0.25) is 0 Å². The van der Waals surface area contributed by atoms with Gasteiger partial charge in [0.1, 0.15) is 0 Å². The SMILES string of the molecule is CCC(N)C(Sc1ccc(C)c(C)c1)c1ccsc1. The van der Waals surface area contributed by atoms with Gasteiger partial charge >= 0.3 is 0 Å². The van der Waals surface area contributed by atoms with E-state index in [0.717, 1.165) is 6.42 Å². The van der Waals surface area contributed by atoms with Crippen molar-refractivity contribution >= 4 is 23.1 Å². The molecule has 0 aliphatic carbocycles. The van der Waals surface area contributed by atoms with Gasteiger partial charge in [0, 0.05) is 10.9 Å². The van der Waals surface area contributed by atoms with Gasteiger partial charge in [0.25, 0.3) is 0 Å². The highest BCUT2D eigenvalue weighted by Gasteiger charge is 2.20. The average molecular weight is 291 g/mol. The lowest BCUT2D eigenvalue weighted by Crippen LogP contribution is -2.25.